The largest absolute Gasteiger partial charge is 0.462 e. The van der Waals surface area contributed by atoms with Crippen molar-refractivity contribution in [3.8, 4) is 11.5 Å². The number of nitro groups is 1. The van der Waals surface area contributed by atoms with E-state index in [4.69, 9.17) is 14.2 Å². The van der Waals surface area contributed by atoms with Gasteiger partial charge in [0.25, 0.3) is 5.69 Å². The summed E-state index contributed by atoms with van der Waals surface area (Å²) in [6.45, 7) is 5.69. The van der Waals surface area contributed by atoms with Crippen molar-refractivity contribution in [3.05, 3.63) is 86.2 Å². The van der Waals surface area contributed by atoms with Gasteiger partial charge in [0.05, 0.1) is 29.1 Å². The number of hydrogen-bond donors (Lipinski definition) is 1. The highest BCUT2D eigenvalue weighted by atomic mass is 16.7. The summed E-state index contributed by atoms with van der Waals surface area (Å²) in [5, 5.41) is 15.5. The number of esters is 1. The van der Waals surface area contributed by atoms with Gasteiger partial charge in [-0.05, 0) is 36.8 Å². The summed E-state index contributed by atoms with van der Waals surface area (Å²) in [5.41, 5.74) is 2.71. The molecule has 1 aliphatic carbocycles. The molecule has 9 heteroatoms. The van der Waals surface area contributed by atoms with E-state index in [9.17, 15) is 19.7 Å². The van der Waals surface area contributed by atoms with Crippen LogP contribution in [0.15, 0.2) is 65.0 Å². The lowest BCUT2D eigenvalue weighted by Crippen LogP contribution is -2.36. The second-order valence-corrected chi connectivity index (χ2v) is 9.94. The number of rotatable bonds is 6. The Morgan fingerprint density at radius 2 is 1.86 bits per heavy atom. The average Bonchev–Trinajstić information content (AvgIpc) is 3.33. The fourth-order valence-electron chi connectivity index (χ4n) is 5.24. The van der Waals surface area contributed by atoms with E-state index >= 15 is 0 Å². The molecule has 0 radical (unpaired) electrons. The molecule has 0 bridgehead atoms. The quantitative estimate of drug-likeness (QED) is 0.336. The molecule has 3 aliphatic rings. The number of nitro benzene ring substituents is 1. The minimum absolute atomic E-state index is 0.0467. The van der Waals surface area contributed by atoms with Crippen LogP contribution in [-0.4, -0.2) is 30.1 Å². The minimum Gasteiger partial charge on any atom is -0.462 e. The lowest BCUT2D eigenvalue weighted by atomic mass is 9.71. The van der Waals surface area contributed by atoms with Crippen LogP contribution in [-0.2, 0) is 14.3 Å². The summed E-state index contributed by atoms with van der Waals surface area (Å²) < 4.78 is 16.4. The molecular weight excluding hydrogens is 476 g/mol. The van der Waals surface area contributed by atoms with Crippen LogP contribution >= 0.6 is 0 Å². The van der Waals surface area contributed by atoms with E-state index < -0.39 is 16.8 Å². The Morgan fingerprint density at radius 1 is 1.16 bits per heavy atom. The Hall–Kier alpha value is -4.14. The lowest BCUT2D eigenvalue weighted by molar-refractivity contribution is -0.385. The molecule has 0 aromatic heterocycles. The van der Waals surface area contributed by atoms with Gasteiger partial charge in [0, 0.05) is 29.0 Å². The van der Waals surface area contributed by atoms with Gasteiger partial charge in [0.15, 0.2) is 17.3 Å². The molecule has 0 unspecified atom stereocenters. The molecule has 1 N–H and O–H groups in total. The molecule has 0 saturated heterocycles. The Labute approximate surface area is 214 Å². The van der Waals surface area contributed by atoms with Crippen molar-refractivity contribution in [1.29, 1.82) is 0 Å². The maximum absolute atomic E-state index is 13.8. The highest BCUT2D eigenvalue weighted by Gasteiger charge is 2.44. The third kappa shape index (κ3) is 4.57. The van der Waals surface area contributed by atoms with Gasteiger partial charge < -0.3 is 19.5 Å². The van der Waals surface area contributed by atoms with Crippen molar-refractivity contribution in [3.63, 3.8) is 0 Å². The molecule has 9 nitrogen and oxygen atoms in total. The van der Waals surface area contributed by atoms with Crippen LogP contribution in [0.4, 0.5) is 5.69 Å². The van der Waals surface area contributed by atoms with Crippen molar-refractivity contribution < 1.29 is 28.7 Å². The van der Waals surface area contributed by atoms with Crippen molar-refractivity contribution >= 4 is 17.4 Å². The lowest BCUT2D eigenvalue weighted by Gasteiger charge is -2.36. The number of nitrogens with one attached hydrogen (secondary N) is 1. The summed E-state index contributed by atoms with van der Waals surface area (Å²) in [7, 11) is 0. The second kappa shape index (κ2) is 9.72. The maximum Gasteiger partial charge on any atom is 0.336 e. The van der Waals surface area contributed by atoms with Crippen LogP contribution in [0.2, 0.25) is 0 Å². The van der Waals surface area contributed by atoms with E-state index in [-0.39, 0.29) is 60.0 Å². The molecule has 2 heterocycles. The average molecular weight is 505 g/mol. The molecule has 5 rings (SSSR count). The number of carbonyl (C=O) groups excluding carboxylic acids is 2. The monoisotopic (exact) mass is 504 g/mol. The van der Waals surface area contributed by atoms with Gasteiger partial charge in [-0.2, -0.15) is 0 Å². The first-order valence-electron chi connectivity index (χ1n) is 12.3. The molecule has 0 fully saturated rings. The number of nitrogens with zero attached hydrogens (tertiary/aromatic N) is 1. The number of hydrogen-bond acceptors (Lipinski definition) is 8. The summed E-state index contributed by atoms with van der Waals surface area (Å²) in [5.74, 6) is -1.12. The molecule has 2 atom stereocenters. The summed E-state index contributed by atoms with van der Waals surface area (Å²) >= 11 is 0. The van der Waals surface area contributed by atoms with E-state index in [0.29, 0.717) is 29.1 Å². The number of allylic oxidation sites excluding steroid dienone is 3. The number of Topliss-reactive ketones (excluding diaryl/α,β-unsaturated/α-hetero) is 1. The summed E-state index contributed by atoms with van der Waals surface area (Å²) in [4.78, 5) is 38.8. The molecular formula is C28H28N2O7. The third-order valence-corrected chi connectivity index (χ3v) is 6.90. The zero-order valence-electron chi connectivity index (χ0n) is 20.9. The minimum atomic E-state index is -0.977. The zero-order chi connectivity index (χ0) is 26.3. The van der Waals surface area contributed by atoms with Crippen LogP contribution < -0.4 is 14.8 Å². The zero-order valence-corrected chi connectivity index (χ0v) is 20.9. The van der Waals surface area contributed by atoms with Gasteiger partial charge in [0.2, 0.25) is 6.79 Å². The van der Waals surface area contributed by atoms with Crippen LogP contribution in [0, 0.1) is 16.0 Å². The molecule has 0 spiro atoms. The first-order valence-corrected chi connectivity index (χ1v) is 12.3. The number of ketones is 1. The molecule has 0 saturated carbocycles. The molecule has 2 aromatic rings. The van der Waals surface area contributed by atoms with Crippen LogP contribution in [0.1, 0.15) is 56.6 Å². The van der Waals surface area contributed by atoms with Crippen LogP contribution in [0.3, 0.4) is 0 Å². The molecule has 192 valence electrons. The third-order valence-electron chi connectivity index (χ3n) is 6.90. The Bertz CT molecular complexity index is 1340. The predicted octanol–water partition coefficient (Wildman–Crippen LogP) is 4.88. The van der Waals surface area contributed by atoms with Crippen molar-refractivity contribution in [2.45, 2.75) is 45.4 Å². The van der Waals surface area contributed by atoms with Gasteiger partial charge in [0.1, 0.15) is 0 Å². The topological polar surface area (TPSA) is 117 Å². The number of benzene rings is 2. The first kappa shape index (κ1) is 24.5. The highest BCUT2D eigenvalue weighted by Crippen LogP contribution is 2.50. The molecule has 2 aromatic carbocycles. The Kier molecular flexibility index (Phi) is 6.45. The van der Waals surface area contributed by atoms with E-state index in [1.807, 2.05) is 44.2 Å². The molecule has 0 amide bonds. The predicted molar refractivity (Wildman–Crippen MR) is 134 cm³/mol. The number of fused-ring (bicyclic) bond motifs is 1. The second-order valence-electron chi connectivity index (χ2n) is 9.94. The SMILES string of the molecule is CC1=C(C(=O)OCC(C)C)[C@@H](c2cc3c(cc2[N+](=O)[O-])OCO3)C2=C(C[C@H](c3ccccc3)CC2=O)N1. The van der Waals surface area contributed by atoms with E-state index in [2.05, 4.69) is 5.32 Å². The normalized spacial score (nSPS) is 20.6. The smallest absolute Gasteiger partial charge is 0.336 e. The molecule has 37 heavy (non-hydrogen) atoms. The Balaban J connectivity index is 1.66. The van der Waals surface area contributed by atoms with Crippen molar-refractivity contribution in [2.24, 2.45) is 5.92 Å². The van der Waals surface area contributed by atoms with Crippen molar-refractivity contribution in [1.82, 2.24) is 5.32 Å². The fraction of sp³-hybridized carbons (Fsp3) is 0.357. The van der Waals surface area contributed by atoms with Gasteiger partial charge in [-0.3, -0.25) is 14.9 Å². The van der Waals surface area contributed by atoms with Gasteiger partial charge in [-0.15, -0.1) is 0 Å². The molecule has 2 aliphatic heterocycles. The van der Waals surface area contributed by atoms with Gasteiger partial charge in [-0.1, -0.05) is 44.2 Å². The number of carbonyl (C=O) groups is 2. The van der Waals surface area contributed by atoms with Crippen molar-refractivity contribution in [2.75, 3.05) is 13.4 Å². The van der Waals surface area contributed by atoms with E-state index in [0.717, 1.165) is 5.56 Å². The van der Waals surface area contributed by atoms with Gasteiger partial charge >= 0.3 is 5.97 Å². The first-order chi connectivity index (χ1) is 17.7. The van der Waals surface area contributed by atoms with Crippen LogP contribution in [0.5, 0.6) is 11.5 Å². The maximum atomic E-state index is 13.8. The summed E-state index contributed by atoms with van der Waals surface area (Å²) in [6.07, 6.45) is 0.762. The number of dihydropyridines is 1. The fourth-order valence-corrected chi connectivity index (χ4v) is 5.24. The van der Waals surface area contributed by atoms with Gasteiger partial charge in [-0.25, -0.2) is 4.79 Å². The highest BCUT2D eigenvalue weighted by molar-refractivity contribution is 6.04. The summed E-state index contributed by atoms with van der Waals surface area (Å²) in [6, 6.07) is 12.6. The van der Waals surface area contributed by atoms with E-state index in [1.54, 1.807) is 6.92 Å². The standard InChI is InChI=1S/C28H28N2O7/c1-15(2)13-35-28(32)25-16(3)29-20-9-18(17-7-5-4-6-8-17)10-22(31)27(20)26(25)19-11-23-24(37-14-36-23)12-21(19)30(33)34/h4-8,11-12,15,18,26,29H,9-10,13-14H2,1-3H3/t18-,26+/m0/s1. The van der Waals surface area contributed by atoms with E-state index in [1.165, 1.54) is 12.1 Å². The van der Waals surface area contributed by atoms with Crippen LogP contribution in [0.25, 0.3) is 0 Å². The number of ether oxygens (including phenoxy) is 3. The Morgan fingerprint density at radius 3 is 2.54 bits per heavy atom.